The fraction of sp³-hybridized carbons (Fsp3) is 0.476. The van der Waals surface area contributed by atoms with E-state index in [4.69, 9.17) is 11.6 Å². The molecule has 1 aliphatic heterocycles. The molecule has 1 aromatic rings. The van der Waals surface area contributed by atoms with E-state index in [1.807, 2.05) is 12.2 Å². The van der Waals surface area contributed by atoms with Gasteiger partial charge in [-0.1, -0.05) is 23.8 Å². The Morgan fingerprint density at radius 1 is 1.13 bits per heavy atom. The van der Waals surface area contributed by atoms with Crippen molar-refractivity contribution in [2.45, 2.75) is 25.6 Å². The number of likely N-dealkylation sites (tertiary alicyclic amines) is 1. The summed E-state index contributed by atoms with van der Waals surface area (Å²) in [7, 11) is 0. The maximum atomic E-state index is 13.1. The van der Waals surface area contributed by atoms with Crippen molar-refractivity contribution in [1.29, 1.82) is 0 Å². The monoisotopic (exact) mass is 438 g/mol. The lowest BCUT2D eigenvalue weighted by Crippen LogP contribution is -2.46. The van der Waals surface area contributed by atoms with Crippen molar-refractivity contribution in [3.63, 3.8) is 0 Å². The molecule has 0 spiro atoms. The Balaban J connectivity index is 1.37. The van der Waals surface area contributed by atoms with Crippen molar-refractivity contribution in [1.82, 2.24) is 4.90 Å². The molecule has 6 rings (SSSR count). The van der Waals surface area contributed by atoms with Gasteiger partial charge in [0.05, 0.1) is 28.1 Å². The molecule has 9 heteroatoms. The van der Waals surface area contributed by atoms with Crippen LogP contribution in [0.25, 0.3) is 0 Å². The summed E-state index contributed by atoms with van der Waals surface area (Å²) in [5.41, 5.74) is -1.18. The molecule has 2 bridgehead atoms. The SMILES string of the molecule is CC(C(=O)Nc1cc(C(F)(F)F)ccc1Cl)N1C(=O)C2C3C=CC(C4CC34)C2C1=O. The Morgan fingerprint density at radius 2 is 1.70 bits per heavy atom. The highest BCUT2D eigenvalue weighted by Crippen LogP contribution is 2.65. The number of halogens is 4. The Morgan fingerprint density at radius 3 is 2.23 bits per heavy atom. The number of imide groups is 1. The van der Waals surface area contributed by atoms with Crippen molar-refractivity contribution < 1.29 is 27.6 Å². The summed E-state index contributed by atoms with van der Waals surface area (Å²) in [5, 5.41) is 2.27. The van der Waals surface area contributed by atoms with Crippen LogP contribution in [0, 0.1) is 35.5 Å². The van der Waals surface area contributed by atoms with Crippen molar-refractivity contribution in [2.75, 3.05) is 5.32 Å². The van der Waals surface area contributed by atoms with E-state index in [1.54, 1.807) is 0 Å². The highest BCUT2D eigenvalue weighted by molar-refractivity contribution is 6.33. The van der Waals surface area contributed by atoms with Gasteiger partial charge < -0.3 is 5.32 Å². The number of amides is 3. The van der Waals surface area contributed by atoms with Crippen LogP contribution in [0.1, 0.15) is 18.9 Å². The van der Waals surface area contributed by atoms with Crippen LogP contribution in [0.3, 0.4) is 0 Å². The molecule has 0 radical (unpaired) electrons. The van der Waals surface area contributed by atoms with Crippen molar-refractivity contribution >= 4 is 35.0 Å². The summed E-state index contributed by atoms with van der Waals surface area (Å²) < 4.78 is 38.9. The number of hydrogen-bond acceptors (Lipinski definition) is 3. The predicted octanol–water partition coefficient (Wildman–Crippen LogP) is 3.74. The molecule has 0 aromatic heterocycles. The van der Waals surface area contributed by atoms with E-state index < -0.39 is 35.5 Å². The number of benzene rings is 1. The van der Waals surface area contributed by atoms with Gasteiger partial charge in [-0.3, -0.25) is 19.3 Å². The maximum absolute atomic E-state index is 13.1. The Hall–Kier alpha value is -2.35. The van der Waals surface area contributed by atoms with E-state index >= 15 is 0 Å². The number of nitrogens with zero attached hydrogens (tertiary/aromatic N) is 1. The molecule has 1 aromatic carbocycles. The number of anilines is 1. The minimum Gasteiger partial charge on any atom is -0.323 e. The average Bonchev–Trinajstić information content (AvgIpc) is 3.46. The molecular weight excluding hydrogens is 421 g/mol. The van der Waals surface area contributed by atoms with Gasteiger partial charge in [-0.05, 0) is 55.2 Å². The van der Waals surface area contributed by atoms with E-state index in [2.05, 4.69) is 5.32 Å². The first kappa shape index (κ1) is 19.6. The molecule has 7 atom stereocenters. The summed E-state index contributed by atoms with van der Waals surface area (Å²) >= 11 is 5.94. The quantitative estimate of drug-likeness (QED) is 0.577. The highest BCUT2D eigenvalue weighted by atomic mass is 35.5. The molecule has 5 aliphatic rings. The van der Waals surface area contributed by atoms with Crippen molar-refractivity contribution in [3.8, 4) is 0 Å². The molecule has 1 N–H and O–H groups in total. The van der Waals surface area contributed by atoms with Gasteiger partial charge in [0.25, 0.3) is 0 Å². The van der Waals surface area contributed by atoms with E-state index in [0.717, 1.165) is 29.5 Å². The molecule has 3 fully saturated rings. The number of allylic oxidation sites excluding steroid dienone is 2. The van der Waals surface area contributed by atoms with Crippen molar-refractivity contribution in [2.24, 2.45) is 35.5 Å². The zero-order valence-electron chi connectivity index (χ0n) is 15.8. The van der Waals surface area contributed by atoms with Crippen LogP contribution < -0.4 is 5.32 Å². The lowest BCUT2D eigenvalue weighted by atomic mass is 9.63. The van der Waals surface area contributed by atoms with Gasteiger partial charge >= 0.3 is 6.18 Å². The lowest BCUT2D eigenvalue weighted by molar-refractivity contribution is -0.146. The van der Waals surface area contributed by atoms with Crippen LogP contribution in [-0.4, -0.2) is 28.7 Å². The molecule has 158 valence electrons. The molecule has 2 saturated carbocycles. The Labute approximate surface area is 175 Å². The second-order valence-corrected chi connectivity index (χ2v) is 8.97. The first-order chi connectivity index (χ1) is 14.1. The Bertz CT molecular complexity index is 972. The molecule has 1 heterocycles. The van der Waals surface area contributed by atoms with Gasteiger partial charge in [-0.15, -0.1) is 0 Å². The van der Waals surface area contributed by atoms with Crippen LogP contribution in [0.2, 0.25) is 5.02 Å². The van der Waals surface area contributed by atoms with Crippen LogP contribution in [-0.2, 0) is 20.6 Å². The second-order valence-electron chi connectivity index (χ2n) is 8.56. The highest BCUT2D eigenvalue weighted by Gasteiger charge is 2.67. The average molecular weight is 439 g/mol. The second kappa shape index (κ2) is 6.33. The first-order valence-corrected chi connectivity index (χ1v) is 10.2. The fourth-order valence-corrected chi connectivity index (χ4v) is 5.68. The van der Waals surface area contributed by atoms with Crippen molar-refractivity contribution in [3.05, 3.63) is 40.9 Å². The molecular formula is C21H18ClF3N2O3. The summed E-state index contributed by atoms with van der Waals surface area (Å²) in [6.45, 7) is 1.40. The molecule has 3 amide bonds. The van der Waals surface area contributed by atoms with Gasteiger partial charge in [0.15, 0.2) is 0 Å². The number of alkyl halides is 3. The Kier molecular flexibility index (Phi) is 4.13. The van der Waals surface area contributed by atoms with Gasteiger partial charge in [-0.2, -0.15) is 13.2 Å². The molecule has 7 unspecified atom stereocenters. The van der Waals surface area contributed by atoms with Gasteiger partial charge in [0.1, 0.15) is 6.04 Å². The standard InChI is InChI=1S/C21H18ClF3N2O3/c1-8(18(28)26-15-6-9(21(23,24)25)2-5-14(15)22)27-19(29)16-10-3-4-11(13-7-12(10)13)17(16)20(27)30/h2-6,8,10-13,16-17H,7H2,1H3,(H,26,28). The summed E-state index contributed by atoms with van der Waals surface area (Å²) in [6, 6.07) is 1.43. The molecule has 5 nitrogen and oxygen atoms in total. The van der Waals surface area contributed by atoms with E-state index in [0.29, 0.717) is 11.8 Å². The van der Waals surface area contributed by atoms with Crippen LogP contribution >= 0.6 is 11.6 Å². The third-order valence-electron chi connectivity index (χ3n) is 7.02. The van der Waals surface area contributed by atoms with Gasteiger partial charge in [0, 0.05) is 0 Å². The lowest BCUT2D eigenvalue weighted by Gasteiger charge is -2.37. The zero-order valence-corrected chi connectivity index (χ0v) is 16.6. The fourth-order valence-electron chi connectivity index (χ4n) is 5.51. The van der Waals surface area contributed by atoms with Gasteiger partial charge in [-0.25, -0.2) is 0 Å². The molecule has 4 aliphatic carbocycles. The smallest absolute Gasteiger partial charge is 0.323 e. The van der Waals surface area contributed by atoms with E-state index in [-0.39, 0.29) is 34.4 Å². The van der Waals surface area contributed by atoms with Crippen LogP contribution in [0.4, 0.5) is 18.9 Å². The molecule has 30 heavy (non-hydrogen) atoms. The maximum Gasteiger partial charge on any atom is 0.416 e. The zero-order chi connectivity index (χ0) is 21.5. The summed E-state index contributed by atoms with van der Waals surface area (Å²) in [4.78, 5) is 39.9. The third-order valence-corrected chi connectivity index (χ3v) is 7.34. The minimum atomic E-state index is -4.60. The predicted molar refractivity (Wildman–Crippen MR) is 101 cm³/mol. The topological polar surface area (TPSA) is 66.5 Å². The number of hydrogen-bond donors (Lipinski definition) is 1. The number of carbonyl (C=O) groups excluding carboxylic acids is 3. The third kappa shape index (κ3) is 2.72. The summed E-state index contributed by atoms with van der Waals surface area (Å²) in [5.74, 6) is -1.45. The van der Waals surface area contributed by atoms with Crippen LogP contribution in [0.5, 0.6) is 0 Å². The van der Waals surface area contributed by atoms with E-state index in [9.17, 15) is 27.6 Å². The van der Waals surface area contributed by atoms with E-state index in [1.165, 1.54) is 6.92 Å². The van der Waals surface area contributed by atoms with Gasteiger partial charge in [0.2, 0.25) is 17.7 Å². The molecule has 1 saturated heterocycles. The van der Waals surface area contributed by atoms with Crippen LogP contribution in [0.15, 0.2) is 30.4 Å². The largest absolute Gasteiger partial charge is 0.416 e. The minimum absolute atomic E-state index is 0.0274. The number of nitrogens with one attached hydrogen (secondary N) is 1. The summed E-state index contributed by atoms with van der Waals surface area (Å²) in [6.07, 6.45) is 0.489. The first-order valence-electron chi connectivity index (χ1n) is 9.82. The normalized spacial score (nSPS) is 34.6. The number of carbonyl (C=O) groups is 3. The number of rotatable bonds is 3.